The van der Waals surface area contributed by atoms with Gasteiger partial charge in [-0.15, -0.1) is 10.2 Å². The Morgan fingerprint density at radius 2 is 1.82 bits per heavy atom. The molecule has 1 saturated heterocycles. The number of rotatable bonds is 2. The number of aryl methyl sites for hydroxylation is 1. The van der Waals surface area contributed by atoms with Crippen LogP contribution in [0.4, 0.5) is 0 Å². The smallest absolute Gasteiger partial charge is 0.234 e. The van der Waals surface area contributed by atoms with Gasteiger partial charge in [0.1, 0.15) is 5.01 Å². The maximum Gasteiger partial charge on any atom is 0.234 e. The van der Waals surface area contributed by atoms with E-state index in [2.05, 4.69) is 53.3 Å². The van der Waals surface area contributed by atoms with Crippen LogP contribution in [-0.4, -0.2) is 44.8 Å². The van der Waals surface area contributed by atoms with Crippen molar-refractivity contribution in [3.63, 3.8) is 0 Å². The van der Waals surface area contributed by atoms with Gasteiger partial charge >= 0.3 is 0 Å². The highest BCUT2D eigenvalue weighted by molar-refractivity contribution is 7.19. The minimum atomic E-state index is 0.471. The number of benzene rings is 1. The van der Waals surface area contributed by atoms with Crippen molar-refractivity contribution >= 4 is 16.3 Å². The van der Waals surface area contributed by atoms with Gasteiger partial charge < -0.3 is 4.90 Å². The summed E-state index contributed by atoms with van der Waals surface area (Å²) in [5.74, 6) is 1.50. The molecule has 0 spiro atoms. The first kappa shape index (κ1) is 13.8. The molecule has 5 nitrogen and oxygen atoms in total. The van der Waals surface area contributed by atoms with Gasteiger partial charge in [0, 0.05) is 11.5 Å². The van der Waals surface area contributed by atoms with Crippen molar-refractivity contribution in [2.75, 3.05) is 20.1 Å². The lowest BCUT2D eigenvalue weighted by atomic mass is 9.96. The lowest BCUT2D eigenvalue weighted by Gasteiger charge is -2.27. The fraction of sp³-hybridized carbons (Fsp3) is 0.438. The summed E-state index contributed by atoms with van der Waals surface area (Å²) >= 11 is 1.61. The van der Waals surface area contributed by atoms with Crippen LogP contribution in [0, 0.1) is 6.92 Å². The van der Waals surface area contributed by atoms with Gasteiger partial charge in [-0.3, -0.25) is 0 Å². The van der Waals surface area contributed by atoms with Gasteiger partial charge in [-0.05, 0) is 39.9 Å². The number of likely N-dealkylation sites (tertiary alicyclic amines) is 1. The Balaban J connectivity index is 1.68. The van der Waals surface area contributed by atoms with E-state index in [4.69, 9.17) is 5.10 Å². The van der Waals surface area contributed by atoms with Crippen LogP contribution in [0.5, 0.6) is 0 Å². The monoisotopic (exact) mass is 313 g/mol. The minimum Gasteiger partial charge on any atom is -0.306 e. The summed E-state index contributed by atoms with van der Waals surface area (Å²) in [4.78, 5) is 3.26. The van der Waals surface area contributed by atoms with Crippen molar-refractivity contribution in [1.29, 1.82) is 0 Å². The molecule has 22 heavy (non-hydrogen) atoms. The van der Waals surface area contributed by atoms with Crippen LogP contribution in [0.3, 0.4) is 0 Å². The van der Waals surface area contributed by atoms with Crippen molar-refractivity contribution in [3.8, 4) is 10.6 Å². The summed E-state index contributed by atoms with van der Waals surface area (Å²) in [5.41, 5.74) is 2.41. The molecule has 0 N–H and O–H groups in total. The second-order valence-electron chi connectivity index (χ2n) is 6.10. The molecule has 114 valence electrons. The molecule has 0 aliphatic carbocycles. The fourth-order valence-corrected chi connectivity index (χ4v) is 3.82. The highest BCUT2D eigenvalue weighted by Gasteiger charge is 2.24. The third kappa shape index (κ3) is 2.42. The van der Waals surface area contributed by atoms with Crippen LogP contribution < -0.4 is 0 Å². The number of hydrogen-bond donors (Lipinski definition) is 0. The first-order chi connectivity index (χ1) is 10.7. The van der Waals surface area contributed by atoms with Crippen LogP contribution in [0.25, 0.3) is 15.5 Å². The second kappa shape index (κ2) is 5.44. The fourth-order valence-electron chi connectivity index (χ4n) is 2.97. The Kier molecular flexibility index (Phi) is 3.43. The van der Waals surface area contributed by atoms with Crippen LogP contribution in [0.2, 0.25) is 0 Å². The van der Waals surface area contributed by atoms with E-state index in [1.54, 1.807) is 11.3 Å². The van der Waals surface area contributed by atoms with Crippen LogP contribution in [0.1, 0.15) is 30.1 Å². The molecule has 0 unspecified atom stereocenters. The molecule has 0 radical (unpaired) electrons. The minimum absolute atomic E-state index is 0.471. The summed E-state index contributed by atoms with van der Waals surface area (Å²) in [6.07, 6.45) is 2.27. The number of aromatic nitrogens is 4. The van der Waals surface area contributed by atoms with Crippen molar-refractivity contribution in [2.45, 2.75) is 25.7 Å². The largest absolute Gasteiger partial charge is 0.306 e. The van der Waals surface area contributed by atoms with Gasteiger partial charge in [0.2, 0.25) is 4.96 Å². The summed E-state index contributed by atoms with van der Waals surface area (Å²) in [7, 11) is 2.17. The summed E-state index contributed by atoms with van der Waals surface area (Å²) in [5, 5.41) is 14.5. The normalized spacial score (nSPS) is 17.4. The zero-order valence-corrected chi connectivity index (χ0v) is 13.7. The number of nitrogens with zero attached hydrogens (tertiary/aromatic N) is 5. The molecular formula is C16H19N5S. The molecular weight excluding hydrogens is 294 g/mol. The first-order valence-electron chi connectivity index (χ1n) is 7.68. The maximum atomic E-state index is 4.76. The molecule has 1 aliphatic rings. The average molecular weight is 313 g/mol. The summed E-state index contributed by atoms with van der Waals surface area (Å²) in [6.45, 7) is 4.34. The topological polar surface area (TPSA) is 46.3 Å². The van der Waals surface area contributed by atoms with Crippen LogP contribution in [0.15, 0.2) is 24.3 Å². The van der Waals surface area contributed by atoms with E-state index < -0.39 is 0 Å². The molecule has 0 bridgehead atoms. The Labute approximate surface area is 133 Å². The second-order valence-corrected chi connectivity index (χ2v) is 7.06. The third-order valence-electron chi connectivity index (χ3n) is 4.40. The molecule has 0 atom stereocenters. The standard InChI is InChI=1S/C16H19N5S/c1-11-3-5-13(6-4-11)15-19-21-14(17-18-16(21)22-15)12-7-9-20(2)10-8-12/h3-6,12H,7-10H2,1-2H3. The molecule has 1 aromatic carbocycles. The van der Waals surface area contributed by atoms with Crippen LogP contribution >= 0.6 is 11.3 Å². The van der Waals surface area contributed by atoms with Gasteiger partial charge in [-0.2, -0.15) is 9.61 Å². The Hall–Kier alpha value is -1.79. The highest BCUT2D eigenvalue weighted by Crippen LogP contribution is 2.30. The molecule has 1 fully saturated rings. The molecule has 0 amide bonds. The third-order valence-corrected chi connectivity index (χ3v) is 5.35. The Bertz CT molecular complexity index is 781. The van der Waals surface area contributed by atoms with E-state index in [0.717, 1.165) is 47.3 Å². The van der Waals surface area contributed by atoms with Crippen molar-refractivity contribution in [1.82, 2.24) is 24.7 Å². The van der Waals surface area contributed by atoms with E-state index >= 15 is 0 Å². The van der Waals surface area contributed by atoms with Crippen molar-refractivity contribution in [2.24, 2.45) is 0 Å². The molecule has 1 aliphatic heterocycles. The van der Waals surface area contributed by atoms with Gasteiger partial charge in [0.15, 0.2) is 5.82 Å². The van der Waals surface area contributed by atoms with Gasteiger partial charge in [-0.1, -0.05) is 41.2 Å². The lowest BCUT2D eigenvalue weighted by molar-refractivity contribution is 0.250. The quantitative estimate of drug-likeness (QED) is 0.730. The zero-order valence-electron chi connectivity index (χ0n) is 12.9. The average Bonchev–Trinajstić information content (AvgIpc) is 3.09. The van der Waals surface area contributed by atoms with E-state index in [0.29, 0.717) is 5.92 Å². The maximum absolute atomic E-state index is 4.76. The molecule has 6 heteroatoms. The van der Waals surface area contributed by atoms with E-state index in [1.807, 2.05) is 4.52 Å². The summed E-state index contributed by atoms with van der Waals surface area (Å²) < 4.78 is 1.95. The Morgan fingerprint density at radius 1 is 1.09 bits per heavy atom. The van der Waals surface area contributed by atoms with Gasteiger partial charge in [-0.25, -0.2) is 0 Å². The molecule has 3 heterocycles. The van der Waals surface area contributed by atoms with Crippen LogP contribution in [-0.2, 0) is 0 Å². The van der Waals surface area contributed by atoms with Gasteiger partial charge in [0.25, 0.3) is 0 Å². The molecule has 4 rings (SSSR count). The van der Waals surface area contributed by atoms with E-state index in [1.165, 1.54) is 5.56 Å². The lowest BCUT2D eigenvalue weighted by Crippen LogP contribution is -2.30. The first-order valence-corrected chi connectivity index (χ1v) is 8.50. The number of fused-ring (bicyclic) bond motifs is 1. The highest BCUT2D eigenvalue weighted by atomic mass is 32.1. The molecule has 2 aromatic heterocycles. The van der Waals surface area contributed by atoms with E-state index in [9.17, 15) is 0 Å². The Morgan fingerprint density at radius 3 is 2.55 bits per heavy atom. The predicted octanol–water partition coefficient (Wildman–Crippen LogP) is 2.97. The SMILES string of the molecule is Cc1ccc(-c2nn3c(C4CCN(C)CC4)nnc3s2)cc1. The number of piperidine rings is 1. The predicted molar refractivity (Wildman–Crippen MR) is 88.3 cm³/mol. The summed E-state index contributed by atoms with van der Waals surface area (Å²) in [6, 6.07) is 8.48. The zero-order chi connectivity index (χ0) is 15.1. The van der Waals surface area contributed by atoms with E-state index in [-0.39, 0.29) is 0 Å². The number of hydrogen-bond acceptors (Lipinski definition) is 5. The van der Waals surface area contributed by atoms with Crippen molar-refractivity contribution < 1.29 is 0 Å². The van der Waals surface area contributed by atoms with Crippen molar-refractivity contribution in [3.05, 3.63) is 35.7 Å². The molecule has 0 saturated carbocycles. The molecule has 3 aromatic rings. The van der Waals surface area contributed by atoms with Gasteiger partial charge in [0.05, 0.1) is 0 Å².